The van der Waals surface area contributed by atoms with E-state index in [0.29, 0.717) is 33.8 Å². The number of nitrogens with one attached hydrogen (secondary N) is 1. The largest absolute Gasteiger partial charge is 0.507 e. The molecule has 31 heavy (non-hydrogen) atoms. The molecule has 0 aliphatic heterocycles. The fraction of sp³-hybridized carbons (Fsp3) is 0.0833. The van der Waals surface area contributed by atoms with Gasteiger partial charge in [0.25, 0.3) is 5.91 Å². The summed E-state index contributed by atoms with van der Waals surface area (Å²) in [5, 5.41) is 15.0. The smallest absolute Gasteiger partial charge is 0.272 e. The van der Waals surface area contributed by atoms with E-state index in [9.17, 15) is 9.90 Å². The summed E-state index contributed by atoms with van der Waals surface area (Å²) in [5.41, 5.74) is 6.17. The van der Waals surface area contributed by atoms with Gasteiger partial charge in [0.2, 0.25) is 0 Å². The molecule has 0 aliphatic rings. The quantitative estimate of drug-likeness (QED) is 0.379. The van der Waals surface area contributed by atoms with Crippen molar-refractivity contribution in [3.63, 3.8) is 0 Å². The Labute approximate surface area is 179 Å². The molecule has 0 atom stereocenters. The molecule has 2 aromatic heterocycles. The molecule has 0 radical (unpaired) electrons. The van der Waals surface area contributed by atoms with E-state index >= 15 is 0 Å². The summed E-state index contributed by atoms with van der Waals surface area (Å²) >= 11 is 0. The molecular weight excluding hydrogens is 392 g/mol. The number of phenols is 1. The molecule has 0 spiro atoms. The summed E-state index contributed by atoms with van der Waals surface area (Å²) in [4.78, 5) is 21.7. The second-order valence-corrected chi connectivity index (χ2v) is 6.83. The van der Waals surface area contributed by atoms with E-state index in [1.807, 2.05) is 36.4 Å². The molecule has 0 saturated carbocycles. The van der Waals surface area contributed by atoms with Gasteiger partial charge in [0.1, 0.15) is 11.5 Å². The van der Waals surface area contributed by atoms with Gasteiger partial charge >= 0.3 is 0 Å². The average molecular weight is 412 g/mol. The van der Waals surface area contributed by atoms with Gasteiger partial charge in [-0.25, -0.2) is 10.4 Å². The number of carbonyl (C=O) groups excluding carboxylic acids is 1. The number of aromatic nitrogens is 2. The van der Waals surface area contributed by atoms with Crippen molar-refractivity contribution in [3.05, 3.63) is 84.2 Å². The molecule has 0 bridgehead atoms. The number of carbonyl (C=O) groups is 1. The molecule has 4 rings (SSSR count). The Morgan fingerprint density at radius 3 is 2.58 bits per heavy atom. The van der Waals surface area contributed by atoms with Gasteiger partial charge < -0.3 is 9.84 Å². The number of methoxy groups -OCH3 is 1. The van der Waals surface area contributed by atoms with Crippen LogP contribution in [0.25, 0.3) is 22.2 Å². The molecule has 2 heterocycles. The molecule has 0 aliphatic carbocycles. The second-order valence-electron chi connectivity index (χ2n) is 6.83. The SMILES string of the molecule is COc1ccc(O)c(/C(C)=N/NC(=O)c2cc(-c3ccncc3)nc3ccccc23)c1. The van der Waals surface area contributed by atoms with Crippen LogP contribution >= 0.6 is 0 Å². The highest BCUT2D eigenvalue weighted by atomic mass is 16.5. The number of rotatable bonds is 5. The molecule has 2 N–H and O–H groups in total. The van der Waals surface area contributed by atoms with Gasteiger partial charge in [-0.1, -0.05) is 18.2 Å². The third kappa shape index (κ3) is 4.20. The number of phenolic OH excluding ortho intramolecular Hbond substituents is 1. The predicted octanol–water partition coefficient (Wildman–Crippen LogP) is 4.17. The van der Waals surface area contributed by atoms with Crippen LogP contribution in [-0.4, -0.2) is 33.8 Å². The Kier molecular flexibility index (Phi) is 5.57. The summed E-state index contributed by atoms with van der Waals surface area (Å²) in [6, 6.07) is 17.7. The predicted molar refractivity (Wildman–Crippen MR) is 119 cm³/mol. The third-order valence-electron chi connectivity index (χ3n) is 4.86. The van der Waals surface area contributed by atoms with Crippen LogP contribution in [0.2, 0.25) is 0 Å². The minimum Gasteiger partial charge on any atom is -0.507 e. The molecule has 1 amide bonds. The van der Waals surface area contributed by atoms with Gasteiger partial charge in [0, 0.05) is 28.9 Å². The number of aromatic hydroxyl groups is 1. The highest BCUT2D eigenvalue weighted by Crippen LogP contribution is 2.25. The summed E-state index contributed by atoms with van der Waals surface area (Å²) in [6.07, 6.45) is 3.36. The Morgan fingerprint density at radius 2 is 1.81 bits per heavy atom. The first kappa shape index (κ1) is 20.0. The number of fused-ring (bicyclic) bond motifs is 1. The van der Waals surface area contributed by atoms with E-state index in [1.54, 1.807) is 44.6 Å². The van der Waals surface area contributed by atoms with Crippen LogP contribution in [0.1, 0.15) is 22.8 Å². The zero-order chi connectivity index (χ0) is 21.8. The van der Waals surface area contributed by atoms with Crippen LogP contribution in [0.3, 0.4) is 0 Å². The maximum atomic E-state index is 13.0. The molecule has 7 nitrogen and oxygen atoms in total. The minimum atomic E-state index is -0.379. The van der Waals surface area contributed by atoms with Crippen molar-refractivity contribution in [2.75, 3.05) is 7.11 Å². The van der Waals surface area contributed by atoms with Crippen LogP contribution in [0, 0.1) is 0 Å². The number of hydrazone groups is 1. The first-order valence-electron chi connectivity index (χ1n) is 9.59. The van der Waals surface area contributed by atoms with E-state index in [0.717, 1.165) is 10.9 Å². The monoisotopic (exact) mass is 412 g/mol. The van der Waals surface area contributed by atoms with Crippen LogP contribution in [-0.2, 0) is 0 Å². The van der Waals surface area contributed by atoms with E-state index in [1.165, 1.54) is 6.07 Å². The average Bonchev–Trinajstić information content (AvgIpc) is 2.82. The minimum absolute atomic E-state index is 0.0469. The molecule has 154 valence electrons. The zero-order valence-corrected chi connectivity index (χ0v) is 17.0. The van der Waals surface area contributed by atoms with Crippen molar-refractivity contribution < 1.29 is 14.6 Å². The van der Waals surface area contributed by atoms with Gasteiger partial charge in [-0.3, -0.25) is 9.78 Å². The normalized spacial score (nSPS) is 11.4. The standard InChI is InChI=1S/C24H20N4O3/c1-15(19-13-17(31-2)7-8-23(19)29)27-28-24(30)20-14-22(16-9-11-25-12-10-16)26-21-6-4-3-5-18(20)21/h3-14,29H,1-2H3,(H,28,30)/b27-15+. The van der Waals surface area contributed by atoms with Crippen molar-refractivity contribution in [1.29, 1.82) is 0 Å². The lowest BCUT2D eigenvalue weighted by molar-refractivity contribution is 0.0956. The number of ether oxygens (including phenoxy) is 1. The molecule has 0 fully saturated rings. The molecule has 0 unspecified atom stereocenters. The van der Waals surface area contributed by atoms with E-state index in [4.69, 9.17) is 4.74 Å². The number of benzene rings is 2. The van der Waals surface area contributed by atoms with Crippen LogP contribution in [0.15, 0.2) is 78.2 Å². The van der Waals surface area contributed by atoms with Crippen LogP contribution < -0.4 is 10.2 Å². The van der Waals surface area contributed by atoms with E-state index in [-0.39, 0.29) is 11.7 Å². The van der Waals surface area contributed by atoms with Gasteiger partial charge in [-0.2, -0.15) is 5.10 Å². The van der Waals surface area contributed by atoms with Crippen molar-refractivity contribution in [2.45, 2.75) is 6.92 Å². The lowest BCUT2D eigenvalue weighted by Crippen LogP contribution is -2.20. The van der Waals surface area contributed by atoms with Crippen molar-refractivity contribution >= 4 is 22.5 Å². The number of nitrogens with zero attached hydrogens (tertiary/aromatic N) is 3. The number of amides is 1. The van der Waals surface area contributed by atoms with Crippen molar-refractivity contribution in [3.8, 4) is 22.8 Å². The topological polar surface area (TPSA) is 96.7 Å². The molecular formula is C24H20N4O3. The number of pyridine rings is 2. The van der Waals surface area contributed by atoms with Gasteiger partial charge in [0.05, 0.1) is 29.6 Å². The molecule has 0 saturated heterocycles. The lowest BCUT2D eigenvalue weighted by atomic mass is 10.0. The maximum absolute atomic E-state index is 13.0. The lowest BCUT2D eigenvalue weighted by Gasteiger charge is -2.10. The molecule has 2 aromatic carbocycles. The molecule has 7 heteroatoms. The van der Waals surface area contributed by atoms with E-state index in [2.05, 4.69) is 20.5 Å². The first-order valence-corrected chi connectivity index (χ1v) is 9.59. The number of hydrogen-bond donors (Lipinski definition) is 2. The number of para-hydroxylation sites is 1. The highest BCUT2D eigenvalue weighted by molar-refractivity contribution is 6.08. The first-order chi connectivity index (χ1) is 15.1. The molecule has 4 aromatic rings. The summed E-state index contributed by atoms with van der Waals surface area (Å²) in [7, 11) is 1.54. The fourth-order valence-electron chi connectivity index (χ4n) is 3.22. The number of hydrogen-bond acceptors (Lipinski definition) is 6. The van der Waals surface area contributed by atoms with Gasteiger partial charge in [0.15, 0.2) is 0 Å². The zero-order valence-electron chi connectivity index (χ0n) is 17.0. The van der Waals surface area contributed by atoms with Gasteiger partial charge in [-0.15, -0.1) is 0 Å². The van der Waals surface area contributed by atoms with Crippen LogP contribution in [0.4, 0.5) is 0 Å². The van der Waals surface area contributed by atoms with Crippen molar-refractivity contribution in [1.82, 2.24) is 15.4 Å². The Morgan fingerprint density at radius 1 is 1.03 bits per heavy atom. The maximum Gasteiger partial charge on any atom is 0.272 e. The Hall–Kier alpha value is -4.26. The van der Waals surface area contributed by atoms with Gasteiger partial charge in [-0.05, 0) is 49.4 Å². The van der Waals surface area contributed by atoms with Crippen molar-refractivity contribution in [2.24, 2.45) is 5.10 Å². The third-order valence-corrected chi connectivity index (χ3v) is 4.86. The fourth-order valence-corrected chi connectivity index (χ4v) is 3.22. The summed E-state index contributed by atoms with van der Waals surface area (Å²) < 4.78 is 5.19. The second kappa shape index (κ2) is 8.62. The van der Waals surface area contributed by atoms with E-state index < -0.39 is 0 Å². The highest BCUT2D eigenvalue weighted by Gasteiger charge is 2.14. The summed E-state index contributed by atoms with van der Waals surface area (Å²) in [6.45, 7) is 1.70. The Balaban J connectivity index is 1.70. The summed E-state index contributed by atoms with van der Waals surface area (Å²) in [5.74, 6) is 0.247. The van der Waals surface area contributed by atoms with Crippen LogP contribution in [0.5, 0.6) is 11.5 Å². The Bertz CT molecular complexity index is 1290.